The first kappa shape index (κ1) is 14.0. The van der Waals surface area contributed by atoms with Gasteiger partial charge >= 0.3 is 0 Å². The topological polar surface area (TPSA) is 81.1 Å². The highest BCUT2D eigenvalue weighted by molar-refractivity contribution is 7.90. The van der Waals surface area contributed by atoms with Crippen molar-refractivity contribution in [1.29, 1.82) is 0 Å². The second-order valence-corrected chi connectivity index (χ2v) is 6.83. The number of nitrogens with zero attached hydrogens (tertiary/aromatic N) is 2. The molecule has 1 saturated carbocycles. The summed E-state index contributed by atoms with van der Waals surface area (Å²) >= 11 is 0. The number of rotatable bonds is 4. The van der Waals surface area contributed by atoms with Gasteiger partial charge in [-0.3, -0.25) is 4.79 Å². The Bertz CT molecular complexity index is 557. The summed E-state index contributed by atoms with van der Waals surface area (Å²) in [7, 11) is -3.84. The number of hydrogen-bond donors (Lipinski definition) is 1. The molecule has 0 spiro atoms. The van der Waals surface area contributed by atoms with Crippen LogP contribution >= 0.6 is 0 Å². The highest BCUT2D eigenvalue weighted by Gasteiger charge is 2.28. The third-order valence-electron chi connectivity index (χ3n) is 3.41. The molecule has 1 heterocycles. The van der Waals surface area contributed by atoms with Crippen LogP contribution < -0.4 is 4.72 Å². The number of imidazole rings is 1. The van der Waals surface area contributed by atoms with Crippen LogP contribution in [0.25, 0.3) is 0 Å². The van der Waals surface area contributed by atoms with Crippen LogP contribution in [0.5, 0.6) is 0 Å². The third-order valence-corrected chi connectivity index (χ3v) is 4.64. The number of nitrogens with one attached hydrogen (secondary N) is 1. The van der Waals surface area contributed by atoms with E-state index < -0.39 is 15.9 Å². The molecule has 7 heteroatoms. The van der Waals surface area contributed by atoms with Gasteiger partial charge in [0.05, 0.1) is 6.33 Å². The summed E-state index contributed by atoms with van der Waals surface area (Å²) in [5, 5.41) is -0.104. The molecule has 1 N–H and O–H groups in total. The van der Waals surface area contributed by atoms with E-state index in [1.54, 1.807) is 4.57 Å². The highest BCUT2D eigenvalue weighted by atomic mass is 32.2. The number of sulfonamides is 1. The van der Waals surface area contributed by atoms with E-state index in [2.05, 4.69) is 9.71 Å². The SMILES string of the molecule is CC(C)n1cnc(S(=O)(=O)NC(=O)C2CCCC2)c1. The van der Waals surface area contributed by atoms with Crippen LogP contribution in [0, 0.1) is 5.92 Å². The molecule has 0 atom stereocenters. The smallest absolute Gasteiger partial charge is 0.283 e. The minimum absolute atomic E-state index is 0.104. The summed E-state index contributed by atoms with van der Waals surface area (Å²) in [4.78, 5) is 15.7. The highest BCUT2D eigenvalue weighted by Crippen LogP contribution is 2.25. The van der Waals surface area contributed by atoms with Crippen LogP contribution in [0.1, 0.15) is 45.6 Å². The van der Waals surface area contributed by atoms with Crippen molar-refractivity contribution < 1.29 is 13.2 Å². The van der Waals surface area contributed by atoms with Gasteiger partial charge in [0.15, 0.2) is 5.03 Å². The lowest BCUT2D eigenvalue weighted by Crippen LogP contribution is -2.34. The van der Waals surface area contributed by atoms with Crippen molar-refractivity contribution in [3.8, 4) is 0 Å². The molecule has 19 heavy (non-hydrogen) atoms. The zero-order valence-corrected chi connectivity index (χ0v) is 12.0. The van der Waals surface area contributed by atoms with Gasteiger partial charge < -0.3 is 4.57 Å². The van der Waals surface area contributed by atoms with Crippen molar-refractivity contribution in [2.24, 2.45) is 5.92 Å². The Hall–Kier alpha value is -1.37. The summed E-state index contributed by atoms with van der Waals surface area (Å²) in [6, 6.07) is 0.127. The monoisotopic (exact) mass is 285 g/mol. The molecule has 1 aliphatic rings. The van der Waals surface area contributed by atoms with Gasteiger partial charge in [-0.2, -0.15) is 8.42 Å². The molecule has 0 saturated heterocycles. The molecule has 6 nitrogen and oxygen atoms in total. The summed E-state index contributed by atoms with van der Waals surface area (Å²) in [6.45, 7) is 3.85. The first-order valence-electron chi connectivity index (χ1n) is 6.50. The molecule has 1 aliphatic carbocycles. The maximum atomic E-state index is 12.0. The van der Waals surface area contributed by atoms with E-state index >= 15 is 0 Å². The maximum absolute atomic E-state index is 12.0. The van der Waals surface area contributed by atoms with Crippen LogP contribution in [-0.4, -0.2) is 23.9 Å². The lowest BCUT2D eigenvalue weighted by molar-refractivity contribution is -0.122. The zero-order valence-electron chi connectivity index (χ0n) is 11.2. The molecular weight excluding hydrogens is 266 g/mol. The van der Waals surface area contributed by atoms with Crippen molar-refractivity contribution in [3.05, 3.63) is 12.5 Å². The van der Waals surface area contributed by atoms with Gasteiger partial charge in [-0.25, -0.2) is 9.71 Å². The minimum Gasteiger partial charge on any atom is -0.334 e. The number of amides is 1. The Morgan fingerprint density at radius 1 is 1.42 bits per heavy atom. The van der Waals surface area contributed by atoms with Gasteiger partial charge in [-0.15, -0.1) is 0 Å². The van der Waals surface area contributed by atoms with Gasteiger partial charge in [0.25, 0.3) is 10.0 Å². The quantitative estimate of drug-likeness (QED) is 0.908. The van der Waals surface area contributed by atoms with Gasteiger partial charge in [-0.05, 0) is 26.7 Å². The first-order chi connectivity index (χ1) is 8.90. The van der Waals surface area contributed by atoms with Gasteiger partial charge in [0.2, 0.25) is 5.91 Å². The van der Waals surface area contributed by atoms with Crippen LogP contribution in [0.2, 0.25) is 0 Å². The minimum atomic E-state index is -3.84. The van der Waals surface area contributed by atoms with Gasteiger partial charge in [0, 0.05) is 18.2 Å². The molecular formula is C12H19N3O3S. The number of hydrogen-bond acceptors (Lipinski definition) is 4. The number of carbonyl (C=O) groups excluding carboxylic acids is 1. The summed E-state index contributed by atoms with van der Waals surface area (Å²) in [5.41, 5.74) is 0. The third kappa shape index (κ3) is 3.15. The van der Waals surface area contributed by atoms with E-state index in [1.807, 2.05) is 13.8 Å². The van der Waals surface area contributed by atoms with E-state index in [1.165, 1.54) is 12.5 Å². The molecule has 0 bridgehead atoms. The Morgan fingerprint density at radius 3 is 2.58 bits per heavy atom. The Balaban J connectivity index is 2.10. The lowest BCUT2D eigenvalue weighted by Gasteiger charge is -2.09. The van der Waals surface area contributed by atoms with Gasteiger partial charge in [0.1, 0.15) is 0 Å². The molecule has 0 unspecified atom stereocenters. The molecule has 106 valence electrons. The summed E-state index contributed by atoms with van der Waals surface area (Å²) in [5.74, 6) is -0.585. The second kappa shape index (κ2) is 5.32. The van der Waals surface area contributed by atoms with Gasteiger partial charge in [-0.1, -0.05) is 12.8 Å². The maximum Gasteiger partial charge on any atom is 0.283 e. The van der Waals surface area contributed by atoms with E-state index in [4.69, 9.17) is 0 Å². The Morgan fingerprint density at radius 2 is 2.05 bits per heavy atom. The van der Waals surface area contributed by atoms with Crippen molar-refractivity contribution in [2.75, 3.05) is 0 Å². The van der Waals surface area contributed by atoms with Crippen molar-refractivity contribution in [3.63, 3.8) is 0 Å². The van der Waals surface area contributed by atoms with Crippen molar-refractivity contribution >= 4 is 15.9 Å². The molecule has 0 aliphatic heterocycles. The Kier molecular flexibility index (Phi) is 3.93. The predicted octanol–water partition coefficient (Wildman–Crippen LogP) is 1.46. The van der Waals surface area contributed by atoms with Crippen molar-refractivity contribution in [1.82, 2.24) is 14.3 Å². The fraction of sp³-hybridized carbons (Fsp3) is 0.667. The Labute approximate surface area is 113 Å². The molecule has 1 fully saturated rings. The molecule has 0 aromatic carbocycles. The standard InChI is InChI=1S/C12H19N3O3S/c1-9(2)15-7-11(13-8-15)19(17,18)14-12(16)10-5-3-4-6-10/h7-10H,3-6H2,1-2H3,(H,14,16). The van der Waals surface area contributed by atoms with E-state index in [-0.39, 0.29) is 17.0 Å². The van der Waals surface area contributed by atoms with Crippen LogP contribution in [-0.2, 0) is 14.8 Å². The second-order valence-electron chi connectivity index (χ2n) is 5.20. The average molecular weight is 285 g/mol. The fourth-order valence-corrected chi connectivity index (χ4v) is 3.18. The normalized spacial score (nSPS) is 17.0. The predicted molar refractivity (Wildman–Crippen MR) is 69.9 cm³/mol. The molecule has 2 rings (SSSR count). The zero-order chi connectivity index (χ0) is 14.0. The number of carbonyl (C=O) groups is 1. The average Bonchev–Trinajstić information content (AvgIpc) is 3.00. The fourth-order valence-electron chi connectivity index (χ4n) is 2.19. The molecule has 1 aromatic rings. The van der Waals surface area contributed by atoms with E-state index in [0.29, 0.717) is 0 Å². The number of aromatic nitrogens is 2. The lowest BCUT2D eigenvalue weighted by atomic mass is 10.1. The molecule has 1 amide bonds. The van der Waals surface area contributed by atoms with E-state index in [9.17, 15) is 13.2 Å². The van der Waals surface area contributed by atoms with Crippen molar-refractivity contribution in [2.45, 2.75) is 50.6 Å². The summed E-state index contributed by atoms with van der Waals surface area (Å²) < 4.78 is 27.9. The van der Waals surface area contributed by atoms with Crippen LogP contribution in [0.4, 0.5) is 0 Å². The van der Waals surface area contributed by atoms with Crippen LogP contribution in [0.3, 0.4) is 0 Å². The first-order valence-corrected chi connectivity index (χ1v) is 7.98. The largest absolute Gasteiger partial charge is 0.334 e. The van der Waals surface area contributed by atoms with E-state index in [0.717, 1.165) is 25.7 Å². The molecule has 0 radical (unpaired) electrons. The summed E-state index contributed by atoms with van der Waals surface area (Å²) in [6.07, 6.45) is 6.40. The van der Waals surface area contributed by atoms with Crippen LogP contribution in [0.15, 0.2) is 17.6 Å². The molecule has 1 aromatic heterocycles.